The first-order chi connectivity index (χ1) is 20.0. The van der Waals surface area contributed by atoms with E-state index in [4.69, 9.17) is 26.1 Å². The summed E-state index contributed by atoms with van der Waals surface area (Å²) in [5, 5.41) is 15.5. The van der Waals surface area contributed by atoms with Crippen molar-refractivity contribution in [3.05, 3.63) is 131 Å². The standard InChI is InChI=1S/C31H24N4O5S/c1-38-21-13-15-23(16-14-21)39-22-11-9-20(10-12-22)34-30(29(33-31(34)41)25-7-4-5-19-32-25)28-18-17-27(40-28)24-6-2-3-8-26(24)35(36)37/h2-19,29-30H,1H3,(H,33,41)/t29-,30-/m0/s1. The number of ether oxygens (including phenoxy) is 2. The molecule has 41 heavy (non-hydrogen) atoms. The third-order valence-electron chi connectivity index (χ3n) is 6.79. The maximum absolute atomic E-state index is 11.7. The summed E-state index contributed by atoms with van der Waals surface area (Å²) in [5.41, 5.74) is 1.97. The Morgan fingerprint density at radius 2 is 1.59 bits per heavy atom. The number of nitrogens with one attached hydrogen (secondary N) is 1. The van der Waals surface area contributed by atoms with Crippen molar-refractivity contribution in [2.45, 2.75) is 12.1 Å². The van der Waals surface area contributed by atoms with Crippen LogP contribution in [0.1, 0.15) is 23.5 Å². The van der Waals surface area contributed by atoms with E-state index >= 15 is 0 Å². The Labute approximate surface area is 241 Å². The smallest absolute Gasteiger partial charge is 0.280 e. The molecule has 3 heterocycles. The largest absolute Gasteiger partial charge is 0.497 e. The predicted octanol–water partition coefficient (Wildman–Crippen LogP) is 7.23. The second kappa shape index (κ2) is 11.1. The molecule has 9 nitrogen and oxygen atoms in total. The first kappa shape index (κ1) is 26.0. The predicted molar refractivity (Wildman–Crippen MR) is 158 cm³/mol. The van der Waals surface area contributed by atoms with E-state index in [2.05, 4.69) is 10.3 Å². The highest BCUT2D eigenvalue weighted by Crippen LogP contribution is 2.44. The summed E-state index contributed by atoms with van der Waals surface area (Å²) >= 11 is 5.81. The molecule has 0 radical (unpaired) electrons. The van der Waals surface area contributed by atoms with Crippen molar-refractivity contribution < 1.29 is 18.8 Å². The number of nitro benzene ring substituents is 1. The highest BCUT2D eigenvalue weighted by Gasteiger charge is 2.42. The van der Waals surface area contributed by atoms with Crippen molar-refractivity contribution >= 4 is 28.7 Å². The zero-order chi connectivity index (χ0) is 28.3. The Morgan fingerprint density at radius 3 is 2.27 bits per heavy atom. The Kier molecular flexibility index (Phi) is 7.05. The Hall–Kier alpha value is -5.22. The molecule has 204 valence electrons. The van der Waals surface area contributed by atoms with Crippen LogP contribution in [0.15, 0.2) is 114 Å². The SMILES string of the molecule is COc1ccc(Oc2ccc(N3C(=S)N[C@@H](c4ccccn4)[C@@H]3c3ccc(-c4ccccc4[N+](=O)[O-])o3)cc2)cc1. The minimum atomic E-state index is -0.415. The van der Waals surface area contributed by atoms with E-state index in [0.717, 1.165) is 17.1 Å². The number of nitro groups is 1. The molecule has 2 aromatic heterocycles. The number of hydrogen-bond donors (Lipinski definition) is 1. The maximum atomic E-state index is 11.7. The van der Waals surface area contributed by atoms with Crippen LogP contribution < -0.4 is 19.7 Å². The number of aromatic nitrogens is 1. The molecular weight excluding hydrogens is 540 g/mol. The average molecular weight is 565 g/mol. The van der Waals surface area contributed by atoms with Gasteiger partial charge in [-0.05, 0) is 91.1 Å². The van der Waals surface area contributed by atoms with Crippen LogP contribution in [-0.4, -0.2) is 22.1 Å². The molecule has 0 bridgehead atoms. The van der Waals surface area contributed by atoms with Gasteiger partial charge in [0.2, 0.25) is 0 Å². The van der Waals surface area contributed by atoms with Gasteiger partial charge in [0.25, 0.3) is 5.69 Å². The lowest BCUT2D eigenvalue weighted by atomic mass is 10.0. The number of nitrogens with zero attached hydrogens (tertiary/aromatic N) is 3. The van der Waals surface area contributed by atoms with E-state index in [1.54, 1.807) is 37.6 Å². The van der Waals surface area contributed by atoms with Gasteiger partial charge >= 0.3 is 0 Å². The summed E-state index contributed by atoms with van der Waals surface area (Å²) in [4.78, 5) is 17.8. The summed E-state index contributed by atoms with van der Waals surface area (Å²) in [6, 6.07) is 30.0. The molecular formula is C31H24N4O5S. The monoisotopic (exact) mass is 564 g/mol. The molecule has 1 N–H and O–H groups in total. The lowest BCUT2D eigenvalue weighted by Crippen LogP contribution is -2.29. The van der Waals surface area contributed by atoms with Gasteiger partial charge in [0, 0.05) is 18.0 Å². The van der Waals surface area contributed by atoms with Gasteiger partial charge in [-0.3, -0.25) is 15.1 Å². The van der Waals surface area contributed by atoms with Crippen molar-refractivity contribution in [2.24, 2.45) is 0 Å². The second-order valence-electron chi connectivity index (χ2n) is 9.24. The molecule has 10 heteroatoms. The molecule has 1 saturated heterocycles. The molecule has 6 rings (SSSR count). The molecule has 1 aliphatic heterocycles. The van der Waals surface area contributed by atoms with Crippen LogP contribution in [0.5, 0.6) is 17.2 Å². The van der Waals surface area contributed by atoms with Gasteiger partial charge in [-0.2, -0.15) is 0 Å². The van der Waals surface area contributed by atoms with E-state index < -0.39 is 11.0 Å². The van der Waals surface area contributed by atoms with Gasteiger partial charge in [-0.15, -0.1) is 0 Å². The molecule has 0 amide bonds. The summed E-state index contributed by atoms with van der Waals surface area (Å²) in [5.74, 6) is 3.07. The topological polar surface area (TPSA) is 103 Å². The van der Waals surface area contributed by atoms with E-state index in [1.165, 1.54) is 6.07 Å². The molecule has 3 aromatic carbocycles. The molecule has 1 aliphatic rings. The lowest BCUT2D eigenvalue weighted by Gasteiger charge is -2.26. The normalized spacial score (nSPS) is 16.3. The van der Waals surface area contributed by atoms with Gasteiger partial charge in [0.15, 0.2) is 5.11 Å². The van der Waals surface area contributed by atoms with Gasteiger partial charge in [-0.1, -0.05) is 18.2 Å². The van der Waals surface area contributed by atoms with Crippen LogP contribution >= 0.6 is 12.2 Å². The van der Waals surface area contributed by atoms with Gasteiger partial charge in [0.05, 0.1) is 29.3 Å². The van der Waals surface area contributed by atoms with E-state index in [0.29, 0.717) is 33.7 Å². The Balaban J connectivity index is 1.35. The fourth-order valence-corrected chi connectivity index (χ4v) is 5.22. The molecule has 2 atom stereocenters. The first-order valence-electron chi connectivity index (χ1n) is 12.8. The van der Waals surface area contributed by atoms with Crippen molar-refractivity contribution in [3.8, 4) is 28.6 Å². The lowest BCUT2D eigenvalue weighted by molar-refractivity contribution is -0.384. The van der Waals surface area contributed by atoms with Crippen molar-refractivity contribution in [3.63, 3.8) is 0 Å². The van der Waals surface area contributed by atoms with Crippen molar-refractivity contribution in [1.29, 1.82) is 0 Å². The highest BCUT2D eigenvalue weighted by molar-refractivity contribution is 7.80. The summed E-state index contributed by atoms with van der Waals surface area (Å²) in [6.07, 6.45) is 1.73. The number of furan rings is 1. The van der Waals surface area contributed by atoms with Crippen LogP contribution in [0.4, 0.5) is 11.4 Å². The van der Waals surface area contributed by atoms with Gasteiger partial charge in [0.1, 0.15) is 34.8 Å². The molecule has 0 saturated carbocycles. The second-order valence-corrected chi connectivity index (χ2v) is 9.63. The van der Waals surface area contributed by atoms with E-state index in [1.807, 2.05) is 77.7 Å². The number of methoxy groups -OCH3 is 1. The number of benzene rings is 3. The van der Waals surface area contributed by atoms with Crippen molar-refractivity contribution in [2.75, 3.05) is 12.0 Å². The highest BCUT2D eigenvalue weighted by atomic mass is 32.1. The third-order valence-corrected chi connectivity index (χ3v) is 7.11. The zero-order valence-corrected chi connectivity index (χ0v) is 22.7. The fraction of sp³-hybridized carbons (Fsp3) is 0.0968. The number of para-hydroxylation sites is 1. The van der Waals surface area contributed by atoms with Crippen LogP contribution in [0, 0.1) is 10.1 Å². The number of rotatable bonds is 8. The quantitative estimate of drug-likeness (QED) is 0.119. The van der Waals surface area contributed by atoms with Crippen LogP contribution in [-0.2, 0) is 0 Å². The average Bonchev–Trinajstić information content (AvgIpc) is 3.63. The number of anilines is 1. The summed E-state index contributed by atoms with van der Waals surface area (Å²) in [7, 11) is 1.62. The number of hydrogen-bond acceptors (Lipinski definition) is 7. The minimum Gasteiger partial charge on any atom is -0.497 e. The Bertz CT molecular complexity index is 1690. The first-order valence-corrected chi connectivity index (χ1v) is 13.2. The van der Waals surface area contributed by atoms with Gasteiger partial charge < -0.3 is 24.1 Å². The number of thiocarbonyl (C=S) groups is 1. The van der Waals surface area contributed by atoms with Gasteiger partial charge in [-0.25, -0.2) is 0 Å². The molecule has 1 fully saturated rings. The fourth-order valence-electron chi connectivity index (χ4n) is 4.87. The molecule has 0 spiro atoms. The third kappa shape index (κ3) is 5.20. The maximum Gasteiger partial charge on any atom is 0.280 e. The summed E-state index contributed by atoms with van der Waals surface area (Å²) in [6.45, 7) is 0. The summed E-state index contributed by atoms with van der Waals surface area (Å²) < 4.78 is 17.5. The zero-order valence-electron chi connectivity index (χ0n) is 21.8. The van der Waals surface area contributed by atoms with Crippen molar-refractivity contribution in [1.82, 2.24) is 10.3 Å². The molecule has 0 aliphatic carbocycles. The number of pyridine rings is 1. The van der Waals surface area contributed by atoms with E-state index in [9.17, 15) is 10.1 Å². The minimum absolute atomic E-state index is 0.0287. The van der Waals surface area contributed by atoms with E-state index in [-0.39, 0.29) is 11.7 Å². The molecule has 5 aromatic rings. The Morgan fingerprint density at radius 1 is 0.902 bits per heavy atom. The van der Waals surface area contributed by atoms with Crippen LogP contribution in [0.3, 0.4) is 0 Å². The molecule has 0 unspecified atom stereocenters. The van der Waals surface area contributed by atoms with Crippen LogP contribution in [0.2, 0.25) is 0 Å². The van der Waals surface area contributed by atoms with Crippen LogP contribution in [0.25, 0.3) is 11.3 Å².